The molecule has 0 aliphatic rings. The SMILES string of the molecule is CC(O)(c1ccc(OCc2ccccc2)cc1)C(F)(F)F. The smallest absolute Gasteiger partial charge is 0.421 e. The minimum atomic E-state index is -4.72. The van der Waals surface area contributed by atoms with Crippen molar-refractivity contribution in [1.29, 1.82) is 0 Å². The zero-order valence-electron chi connectivity index (χ0n) is 11.4. The summed E-state index contributed by atoms with van der Waals surface area (Å²) in [7, 11) is 0. The molecule has 0 fully saturated rings. The Kier molecular flexibility index (Phi) is 4.23. The summed E-state index contributed by atoms with van der Waals surface area (Å²) in [4.78, 5) is 0. The van der Waals surface area contributed by atoms with E-state index < -0.39 is 11.8 Å². The second-order valence-corrected chi connectivity index (χ2v) is 4.87. The summed E-state index contributed by atoms with van der Waals surface area (Å²) in [5.74, 6) is 0.445. The van der Waals surface area contributed by atoms with Crippen molar-refractivity contribution in [2.45, 2.75) is 25.3 Å². The van der Waals surface area contributed by atoms with Crippen molar-refractivity contribution < 1.29 is 23.0 Å². The molecule has 0 bridgehead atoms. The van der Waals surface area contributed by atoms with Gasteiger partial charge < -0.3 is 9.84 Å². The van der Waals surface area contributed by atoms with Gasteiger partial charge in [-0.25, -0.2) is 0 Å². The van der Waals surface area contributed by atoms with Crippen LogP contribution in [0.1, 0.15) is 18.1 Å². The van der Waals surface area contributed by atoms with Gasteiger partial charge >= 0.3 is 6.18 Å². The second kappa shape index (κ2) is 5.77. The molecule has 2 rings (SSSR count). The van der Waals surface area contributed by atoms with E-state index >= 15 is 0 Å². The predicted molar refractivity (Wildman–Crippen MR) is 72.8 cm³/mol. The molecule has 21 heavy (non-hydrogen) atoms. The number of ether oxygens (including phenoxy) is 1. The number of halogens is 3. The molecule has 0 spiro atoms. The van der Waals surface area contributed by atoms with Gasteiger partial charge in [0.1, 0.15) is 12.4 Å². The van der Waals surface area contributed by atoms with Crippen LogP contribution in [0.25, 0.3) is 0 Å². The van der Waals surface area contributed by atoms with Crippen LogP contribution in [0.15, 0.2) is 54.6 Å². The Morgan fingerprint density at radius 1 is 0.952 bits per heavy atom. The van der Waals surface area contributed by atoms with Gasteiger partial charge in [-0.3, -0.25) is 0 Å². The Balaban J connectivity index is 2.06. The molecule has 0 aliphatic heterocycles. The molecule has 0 aliphatic carbocycles. The number of hydrogen-bond donors (Lipinski definition) is 1. The van der Waals surface area contributed by atoms with Crippen LogP contribution >= 0.6 is 0 Å². The van der Waals surface area contributed by atoms with E-state index in [0.717, 1.165) is 12.5 Å². The molecule has 2 aromatic carbocycles. The Morgan fingerprint density at radius 2 is 1.52 bits per heavy atom. The largest absolute Gasteiger partial charge is 0.489 e. The summed E-state index contributed by atoms with van der Waals surface area (Å²) in [6.07, 6.45) is -4.72. The van der Waals surface area contributed by atoms with E-state index in [1.807, 2.05) is 30.3 Å². The van der Waals surface area contributed by atoms with E-state index in [0.29, 0.717) is 12.4 Å². The van der Waals surface area contributed by atoms with Gasteiger partial charge in [0.05, 0.1) is 0 Å². The lowest BCUT2D eigenvalue weighted by Crippen LogP contribution is -2.39. The lowest BCUT2D eigenvalue weighted by atomic mass is 9.95. The van der Waals surface area contributed by atoms with Crippen molar-refractivity contribution in [2.24, 2.45) is 0 Å². The average Bonchev–Trinajstić information content (AvgIpc) is 2.45. The maximum absolute atomic E-state index is 12.7. The molecular weight excluding hydrogens is 281 g/mol. The molecular formula is C16H15F3O2. The van der Waals surface area contributed by atoms with Gasteiger partial charge in [-0.2, -0.15) is 13.2 Å². The molecule has 0 radical (unpaired) electrons. The summed E-state index contributed by atoms with van der Waals surface area (Å²) >= 11 is 0. The van der Waals surface area contributed by atoms with Crippen LogP contribution in [0.2, 0.25) is 0 Å². The first kappa shape index (κ1) is 15.4. The van der Waals surface area contributed by atoms with Crippen molar-refractivity contribution >= 4 is 0 Å². The molecule has 0 saturated carbocycles. The third-order valence-corrected chi connectivity index (χ3v) is 3.22. The van der Waals surface area contributed by atoms with Crippen LogP contribution < -0.4 is 4.74 Å². The van der Waals surface area contributed by atoms with Gasteiger partial charge in [0.25, 0.3) is 0 Å². The number of alkyl halides is 3. The molecule has 1 unspecified atom stereocenters. The third kappa shape index (κ3) is 3.55. The van der Waals surface area contributed by atoms with Crippen LogP contribution in [0.4, 0.5) is 13.2 Å². The highest BCUT2D eigenvalue weighted by Crippen LogP contribution is 2.38. The van der Waals surface area contributed by atoms with Crippen LogP contribution in [0.3, 0.4) is 0 Å². The Labute approximate surface area is 120 Å². The summed E-state index contributed by atoms with van der Waals surface area (Å²) in [6, 6.07) is 14.7. The highest BCUT2D eigenvalue weighted by atomic mass is 19.4. The van der Waals surface area contributed by atoms with E-state index in [9.17, 15) is 18.3 Å². The van der Waals surface area contributed by atoms with Crippen LogP contribution in [-0.2, 0) is 12.2 Å². The van der Waals surface area contributed by atoms with Crippen molar-refractivity contribution in [1.82, 2.24) is 0 Å². The Hall–Kier alpha value is -2.01. The second-order valence-electron chi connectivity index (χ2n) is 4.87. The lowest BCUT2D eigenvalue weighted by molar-refractivity contribution is -0.258. The monoisotopic (exact) mass is 296 g/mol. The average molecular weight is 296 g/mol. The molecule has 1 N–H and O–H groups in total. The first-order valence-electron chi connectivity index (χ1n) is 6.37. The molecule has 1 atom stereocenters. The fourth-order valence-electron chi connectivity index (χ4n) is 1.78. The van der Waals surface area contributed by atoms with E-state index in [4.69, 9.17) is 4.74 Å². The molecule has 0 aromatic heterocycles. The molecule has 2 aromatic rings. The summed E-state index contributed by atoms with van der Waals surface area (Å²) < 4.78 is 43.6. The molecule has 0 heterocycles. The third-order valence-electron chi connectivity index (χ3n) is 3.22. The van der Waals surface area contributed by atoms with Crippen molar-refractivity contribution in [2.75, 3.05) is 0 Å². The normalized spacial score (nSPS) is 14.5. The summed E-state index contributed by atoms with van der Waals surface area (Å²) in [5, 5.41) is 9.56. The van der Waals surface area contributed by atoms with Crippen molar-refractivity contribution in [3.05, 3.63) is 65.7 Å². The summed E-state index contributed by atoms with van der Waals surface area (Å²) in [5.41, 5.74) is -2.13. The summed E-state index contributed by atoms with van der Waals surface area (Å²) in [6.45, 7) is 1.06. The lowest BCUT2D eigenvalue weighted by Gasteiger charge is -2.26. The quantitative estimate of drug-likeness (QED) is 0.923. The number of hydrogen-bond acceptors (Lipinski definition) is 2. The van der Waals surface area contributed by atoms with E-state index in [-0.39, 0.29) is 5.56 Å². The topological polar surface area (TPSA) is 29.5 Å². The zero-order valence-corrected chi connectivity index (χ0v) is 11.4. The number of aliphatic hydroxyl groups is 1. The predicted octanol–water partition coefficient (Wildman–Crippen LogP) is 4.04. The highest BCUT2D eigenvalue weighted by molar-refractivity contribution is 5.31. The van der Waals surface area contributed by atoms with E-state index in [1.54, 1.807) is 0 Å². The fraction of sp³-hybridized carbons (Fsp3) is 0.250. The van der Waals surface area contributed by atoms with Gasteiger partial charge in [0.2, 0.25) is 0 Å². The maximum Gasteiger partial charge on any atom is 0.421 e. The van der Waals surface area contributed by atoms with Crippen molar-refractivity contribution in [3.63, 3.8) is 0 Å². The first-order chi connectivity index (χ1) is 9.80. The minimum absolute atomic E-state index is 0.220. The molecule has 2 nitrogen and oxygen atoms in total. The van der Waals surface area contributed by atoms with Gasteiger partial charge in [0, 0.05) is 0 Å². The number of benzene rings is 2. The van der Waals surface area contributed by atoms with E-state index in [1.165, 1.54) is 24.3 Å². The van der Waals surface area contributed by atoms with Crippen LogP contribution in [0.5, 0.6) is 5.75 Å². The van der Waals surface area contributed by atoms with Gasteiger partial charge in [0.15, 0.2) is 5.60 Å². The van der Waals surface area contributed by atoms with Gasteiger partial charge in [-0.1, -0.05) is 42.5 Å². The Bertz CT molecular complexity index is 575. The Morgan fingerprint density at radius 3 is 2.05 bits per heavy atom. The maximum atomic E-state index is 12.7. The number of rotatable bonds is 4. The molecule has 0 saturated heterocycles. The van der Waals surface area contributed by atoms with Gasteiger partial charge in [-0.05, 0) is 30.2 Å². The van der Waals surface area contributed by atoms with Crippen LogP contribution in [0, 0.1) is 0 Å². The first-order valence-corrected chi connectivity index (χ1v) is 6.37. The molecule has 0 amide bonds. The van der Waals surface area contributed by atoms with Crippen molar-refractivity contribution in [3.8, 4) is 5.75 Å². The zero-order chi connectivity index (χ0) is 15.5. The van der Waals surface area contributed by atoms with Crippen LogP contribution in [-0.4, -0.2) is 11.3 Å². The molecule has 112 valence electrons. The minimum Gasteiger partial charge on any atom is -0.489 e. The van der Waals surface area contributed by atoms with E-state index in [2.05, 4.69) is 0 Å². The molecule has 5 heteroatoms. The standard InChI is InChI=1S/C16H15F3O2/c1-15(20,16(17,18)19)13-7-9-14(10-8-13)21-11-12-5-3-2-4-6-12/h2-10,20H,11H2,1H3. The fourth-order valence-corrected chi connectivity index (χ4v) is 1.78. The van der Waals surface area contributed by atoms with Gasteiger partial charge in [-0.15, -0.1) is 0 Å². The highest BCUT2D eigenvalue weighted by Gasteiger charge is 2.51.